The van der Waals surface area contributed by atoms with Gasteiger partial charge in [0.15, 0.2) is 0 Å². The molecule has 1 fully saturated rings. The van der Waals surface area contributed by atoms with Crippen LogP contribution < -0.4 is 5.32 Å². The Morgan fingerprint density at radius 2 is 1.72 bits per heavy atom. The summed E-state index contributed by atoms with van der Waals surface area (Å²) in [6, 6.07) is 15.8. The smallest absolute Gasteiger partial charge is 0.0587 e. The van der Waals surface area contributed by atoms with Gasteiger partial charge < -0.3 is 5.32 Å². The molecular weight excluding hydrogens is 370 g/mol. The van der Waals surface area contributed by atoms with E-state index in [4.69, 9.17) is 0 Å². The molecule has 2 aromatic carbocycles. The highest BCUT2D eigenvalue weighted by atomic mass is 32.1. The number of thiophene rings is 1. The monoisotopic (exact) mass is 401 g/mol. The number of aryl methyl sites for hydroxylation is 1. The van der Waals surface area contributed by atoms with Crippen molar-refractivity contribution in [1.82, 2.24) is 0 Å². The third kappa shape index (κ3) is 3.53. The first-order valence-electron chi connectivity index (χ1n) is 11.3. The molecule has 1 N–H and O–H groups in total. The summed E-state index contributed by atoms with van der Waals surface area (Å²) in [5.41, 5.74) is 7.20. The summed E-state index contributed by atoms with van der Waals surface area (Å²) in [5, 5.41) is 5.31. The minimum atomic E-state index is 0.588. The second kappa shape index (κ2) is 7.99. The van der Waals surface area contributed by atoms with Crippen LogP contribution in [0, 0.1) is 5.92 Å². The van der Waals surface area contributed by atoms with E-state index in [0.717, 1.165) is 0 Å². The molecule has 0 radical (unpaired) electrons. The van der Waals surface area contributed by atoms with Crippen molar-refractivity contribution >= 4 is 38.4 Å². The summed E-state index contributed by atoms with van der Waals surface area (Å²) < 4.78 is 1.42. The van der Waals surface area contributed by atoms with E-state index in [1.165, 1.54) is 76.8 Å². The van der Waals surface area contributed by atoms with Gasteiger partial charge in [-0.15, -0.1) is 11.3 Å². The molecule has 0 aliphatic heterocycles. The van der Waals surface area contributed by atoms with Gasteiger partial charge in [0.2, 0.25) is 0 Å². The number of hydrogen-bond acceptors (Lipinski definition) is 2. The van der Waals surface area contributed by atoms with Crippen LogP contribution in [0.5, 0.6) is 0 Å². The van der Waals surface area contributed by atoms with E-state index in [2.05, 4.69) is 67.7 Å². The van der Waals surface area contributed by atoms with Gasteiger partial charge in [0.25, 0.3) is 0 Å². The molecule has 2 aliphatic rings. The predicted octanol–water partition coefficient (Wildman–Crippen LogP) is 8.68. The van der Waals surface area contributed by atoms with Gasteiger partial charge in [-0.2, -0.15) is 0 Å². The van der Waals surface area contributed by atoms with Gasteiger partial charge in [0.05, 0.1) is 10.4 Å². The average molecular weight is 402 g/mol. The summed E-state index contributed by atoms with van der Waals surface area (Å²) in [6.07, 6.45) is 11.6. The van der Waals surface area contributed by atoms with E-state index in [1.807, 2.05) is 11.3 Å². The zero-order valence-electron chi connectivity index (χ0n) is 17.6. The van der Waals surface area contributed by atoms with E-state index in [9.17, 15) is 0 Å². The lowest BCUT2D eigenvalue weighted by atomic mass is 9.83. The first-order chi connectivity index (χ1) is 14.2. The van der Waals surface area contributed by atoms with E-state index in [0.29, 0.717) is 11.8 Å². The Labute approximate surface area is 178 Å². The van der Waals surface area contributed by atoms with E-state index in [-0.39, 0.29) is 0 Å². The number of benzene rings is 2. The summed E-state index contributed by atoms with van der Waals surface area (Å²) in [5.74, 6) is 1.30. The van der Waals surface area contributed by atoms with Crippen LogP contribution in [0.25, 0.3) is 15.7 Å². The van der Waals surface area contributed by atoms with Gasteiger partial charge in [-0.25, -0.2) is 0 Å². The van der Waals surface area contributed by atoms with Crippen LogP contribution in [0.2, 0.25) is 0 Å². The maximum absolute atomic E-state index is 3.86. The Kier molecular flexibility index (Phi) is 5.22. The number of hydrogen-bond donors (Lipinski definition) is 1. The van der Waals surface area contributed by atoms with Gasteiger partial charge in [-0.05, 0) is 71.7 Å². The Bertz CT molecular complexity index is 1050. The first-order valence-corrected chi connectivity index (χ1v) is 12.1. The zero-order chi connectivity index (χ0) is 19.8. The number of allylic oxidation sites excluding steroid dienone is 2. The Hall–Kier alpha value is -2.06. The molecule has 2 aliphatic carbocycles. The van der Waals surface area contributed by atoms with Crippen molar-refractivity contribution in [3.63, 3.8) is 0 Å². The van der Waals surface area contributed by atoms with Crippen molar-refractivity contribution < 1.29 is 0 Å². The molecule has 1 aromatic heterocycles. The van der Waals surface area contributed by atoms with E-state index in [1.54, 1.807) is 11.1 Å². The molecule has 0 unspecified atom stereocenters. The number of fused-ring (bicyclic) bond motifs is 3. The molecule has 0 saturated heterocycles. The summed E-state index contributed by atoms with van der Waals surface area (Å²) in [4.78, 5) is 1.52. The van der Waals surface area contributed by atoms with Gasteiger partial charge in [0, 0.05) is 10.6 Å². The van der Waals surface area contributed by atoms with Gasteiger partial charge in [-0.1, -0.05) is 69.5 Å². The van der Waals surface area contributed by atoms with Crippen LogP contribution in [0.15, 0.2) is 48.5 Å². The van der Waals surface area contributed by atoms with Crippen LogP contribution in [-0.2, 0) is 6.42 Å². The highest BCUT2D eigenvalue weighted by Crippen LogP contribution is 2.45. The van der Waals surface area contributed by atoms with Gasteiger partial charge in [0.1, 0.15) is 0 Å². The largest absolute Gasteiger partial charge is 0.354 e. The molecule has 29 heavy (non-hydrogen) atoms. The Balaban J connectivity index is 1.55. The fourth-order valence-corrected chi connectivity index (χ4v) is 6.74. The maximum Gasteiger partial charge on any atom is 0.0587 e. The van der Waals surface area contributed by atoms with Crippen molar-refractivity contribution in [1.29, 1.82) is 0 Å². The van der Waals surface area contributed by atoms with E-state index < -0.39 is 0 Å². The van der Waals surface area contributed by atoms with Gasteiger partial charge >= 0.3 is 0 Å². The van der Waals surface area contributed by atoms with Crippen molar-refractivity contribution in [3.05, 3.63) is 64.5 Å². The van der Waals surface area contributed by atoms with Crippen LogP contribution in [0.3, 0.4) is 0 Å². The molecule has 0 spiro atoms. The summed E-state index contributed by atoms with van der Waals surface area (Å²) in [6.45, 7) is 4.65. The highest BCUT2D eigenvalue weighted by Gasteiger charge is 2.23. The third-order valence-electron chi connectivity index (χ3n) is 6.74. The van der Waals surface area contributed by atoms with Gasteiger partial charge in [-0.3, -0.25) is 0 Å². The lowest BCUT2D eigenvalue weighted by molar-refractivity contribution is 0.444. The van der Waals surface area contributed by atoms with Crippen LogP contribution in [-0.4, -0.2) is 0 Å². The van der Waals surface area contributed by atoms with Crippen LogP contribution >= 0.6 is 11.3 Å². The summed E-state index contributed by atoms with van der Waals surface area (Å²) >= 11 is 1.99. The molecule has 1 heterocycles. The van der Waals surface area contributed by atoms with Crippen LogP contribution in [0.4, 0.5) is 11.4 Å². The fraction of sp³-hybridized carbons (Fsp3) is 0.407. The molecule has 150 valence electrons. The zero-order valence-corrected chi connectivity index (χ0v) is 18.4. The topological polar surface area (TPSA) is 12.0 Å². The third-order valence-corrected chi connectivity index (χ3v) is 8.07. The Morgan fingerprint density at radius 1 is 0.931 bits per heavy atom. The maximum atomic E-state index is 3.86. The Morgan fingerprint density at radius 3 is 2.55 bits per heavy atom. The second-order valence-corrected chi connectivity index (χ2v) is 10.0. The van der Waals surface area contributed by atoms with Crippen molar-refractivity contribution in [3.8, 4) is 0 Å². The fourth-order valence-electron chi connectivity index (χ4n) is 5.24. The SMILES string of the molecule is CC(C)C1=CCCc2c1sc1c(Nc3ccccc3C3CCCCC3)cccc21. The molecule has 3 aromatic rings. The number of anilines is 2. The lowest BCUT2D eigenvalue weighted by Crippen LogP contribution is -2.07. The molecule has 5 rings (SSSR count). The quantitative estimate of drug-likeness (QED) is 0.461. The molecule has 0 amide bonds. The number of para-hydroxylation sites is 1. The minimum absolute atomic E-state index is 0.588. The predicted molar refractivity (Wildman–Crippen MR) is 129 cm³/mol. The normalized spacial score (nSPS) is 17.4. The molecule has 0 atom stereocenters. The molecule has 1 saturated carbocycles. The van der Waals surface area contributed by atoms with Crippen LogP contribution in [0.1, 0.15) is 74.3 Å². The first kappa shape index (κ1) is 18.9. The highest BCUT2D eigenvalue weighted by molar-refractivity contribution is 7.21. The molecule has 0 bridgehead atoms. The molecule has 2 heteroatoms. The number of nitrogens with one attached hydrogen (secondary N) is 1. The average Bonchev–Trinajstić information content (AvgIpc) is 3.14. The van der Waals surface area contributed by atoms with Crippen molar-refractivity contribution in [2.24, 2.45) is 5.92 Å². The number of rotatable bonds is 4. The standard InChI is InChI=1S/C27H31NS/c1-18(2)20-13-8-14-22-23-15-9-17-25(27(23)29-26(20)22)28-24-16-7-6-12-21(24)19-10-4-3-5-11-19/h6-7,9,12-13,15-19,28H,3-5,8,10-11,14H2,1-2H3. The molecule has 1 nitrogen and oxygen atoms in total. The summed E-state index contributed by atoms with van der Waals surface area (Å²) in [7, 11) is 0. The second-order valence-electron chi connectivity index (χ2n) is 8.99. The van der Waals surface area contributed by atoms with Crippen molar-refractivity contribution in [2.75, 3.05) is 5.32 Å². The lowest BCUT2D eigenvalue weighted by Gasteiger charge is -2.24. The molecular formula is C27H31NS. The minimum Gasteiger partial charge on any atom is -0.354 e. The van der Waals surface area contributed by atoms with Crippen molar-refractivity contribution in [2.45, 2.75) is 64.7 Å². The van der Waals surface area contributed by atoms with E-state index >= 15 is 0 Å².